The number of nitrogens with one attached hydrogen (secondary N) is 1. The minimum Gasteiger partial charge on any atom is -0.409 e. The van der Waals surface area contributed by atoms with Crippen LogP contribution < -0.4 is 11.1 Å². The number of nitrogens with zero attached hydrogens (tertiary/aromatic N) is 2. The fourth-order valence-corrected chi connectivity index (χ4v) is 2.17. The predicted octanol–water partition coefficient (Wildman–Crippen LogP) is 1.10. The molecular formula is C13H14N4O2S. The van der Waals surface area contributed by atoms with Crippen molar-refractivity contribution in [2.24, 2.45) is 10.9 Å². The van der Waals surface area contributed by atoms with Crippen LogP contribution in [0.5, 0.6) is 0 Å². The van der Waals surface area contributed by atoms with Crippen LogP contribution in [0.2, 0.25) is 0 Å². The summed E-state index contributed by atoms with van der Waals surface area (Å²) >= 11 is 1.50. The first-order chi connectivity index (χ1) is 9.69. The number of amidine groups is 1. The lowest BCUT2D eigenvalue weighted by molar-refractivity contribution is -0.120. The number of rotatable bonds is 5. The number of nitrogens with two attached hydrogens (primary N) is 1. The maximum atomic E-state index is 11.8. The van der Waals surface area contributed by atoms with E-state index in [-0.39, 0.29) is 18.2 Å². The maximum Gasteiger partial charge on any atom is 0.224 e. The predicted molar refractivity (Wildman–Crippen MR) is 76.6 cm³/mol. The van der Waals surface area contributed by atoms with Crippen LogP contribution in [0.25, 0.3) is 0 Å². The zero-order chi connectivity index (χ0) is 14.4. The van der Waals surface area contributed by atoms with Gasteiger partial charge in [0, 0.05) is 17.1 Å². The summed E-state index contributed by atoms with van der Waals surface area (Å²) in [7, 11) is 0. The summed E-state index contributed by atoms with van der Waals surface area (Å²) in [5.74, 6) is -0.0264. The van der Waals surface area contributed by atoms with Gasteiger partial charge in [-0.15, -0.1) is 11.3 Å². The van der Waals surface area contributed by atoms with Crippen molar-refractivity contribution in [3.05, 3.63) is 52.0 Å². The molecule has 0 fully saturated rings. The molecule has 104 valence electrons. The number of benzene rings is 1. The minimum absolute atomic E-state index is 0.0461. The van der Waals surface area contributed by atoms with E-state index in [2.05, 4.69) is 15.5 Å². The third-order valence-electron chi connectivity index (χ3n) is 2.64. The first-order valence-corrected chi connectivity index (χ1v) is 6.79. The normalized spacial score (nSPS) is 11.3. The average molecular weight is 290 g/mol. The molecule has 0 bridgehead atoms. The first kappa shape index (κ1) is 14.0. The molecule has 0 saturated carbocycles. The van der Waals surface area contributed by atoms with Crippen LogP contribution in [0.4, 0.5) is 0 Å². The van der Waals surface area contributed by atoms with Crippen molar-refractivity contribution in [3.8, 4) is 0 Å². The van der Waals surface area contributed by atoms with Gasteiger partial charge >= 0.3 is 0 Å². The highest BCUT2D eigenvalue weighted by atomic mass is 32.1. The van der Waals surface area contributed by atoms with E-state index >= 15 is 0 Å². The van der Waals surface area contributed by atoms with Gasteiger partial charge < -0.3 is 16.3 Å². The lowest BCUT2D eigenvalue weighted by Gasteiger charge is -2.04. The number of oxime groups is 1. The van der Waals surface area contributed by atoms with Gasteiger partial charge in [-0.05, 0) is 5.56 Å². The van der Waals surface area contributed by atoms with Crippen molar-refractivity contribution < 1.29 is 10.0 Å². The first-order valence-electron chi connectivity index (χ1n) is 5.91. The van der Waals surface area contributed by atoms with Crippen LogP contribution in [0.3, 0.4) is 0 Å². The lowest BCUT2D eigenvalue weighted by Crippen LogP contribution is -2.24. The maximum absolute atomic E-state index is 11.8. The zero-order valence-electron chi connectivity index (χ0n) is 10.6. The summed E-state index contributed by atoms with van der Waals surface area (Å²) in [4.78, 5) is 15.8. The fraction of sp³-hybridized carbons (Fsp3) is 0.154. The molecule has 0 atom stereocenters. The molecule has 2 aromatic rings. The van der Waals surface area contributed by atoms with Crippen LogP contribution in [-0.2, 0) is 17.8 Å². The van der Waals surface area contributed by atoms with E-state index in [0.717, 1.165) is 10.6 Å². The number of carbonyl (C=O) groups is 1. The van der Waals surface area contributed by atoms with Crippen LogP contribution in [0.1, 0.15) is 16.1 Å². The average Bonchev–Trinajstić information content (AvgIpc) is 2.98. The Kier molecular flexibility index (Phi) is 4.67. The van der Waals surface area contributed by atoms with Crippen LogP contribution in [0.15, 0.2) is 41.0 Å². The van der Waals surface area contributed by atoms with Crippen molar-refractivity contribution in [1.82, 2.24) is 10.3 Å². The molecule has 0 spiro atoms. The van der Waals surface area contributed by atoms with Gasteiger partial charge in [-0.25, -0.2) is 4.98 Å². The molecular weight excluding hydrogens is 276 g/mol. The molecule has 0 unspecified atom stereocenters. The molecule has 1 aromatic heterocycles. The Balaban J connectivity index is 1.88. The number of hydrogen-bond donors (Lipinski definition) is 3. The number of aromatic nitrogens is 1. The monoisotopic (exact) mass is 290 g/mol. The van der Waals surface area contributed by atoms with Gasteiger partial charge in [0.25, 0.3) is 0 Å². The highest BCUT2D eigenvalue weighted by Crippen LogP contribution is 2.06. The molecule has 0 saturated heterocycles. The molecule has 20 heavy (non-hydrogen) atoms. The van der Waals surface area contributed by atoms with Crippen LogP contribution in [0, 0.1) is 0 Å². The third-order valence-corrected chi connectivity index (χ3v) is 3.42. The highest BCUT2D eigenvalue weighted by molar-refractivity contribution is 7.09. The zero-order valence-corrected chi connectivity index (χ0v) is 11.4. The van der Waals surface area contributed by atoms with Crippen molar-refractivity contribution in [3.63, 3.8) is 0 Å². The molecule has 7 heteroatoms. The summed E-state index contributed by atoms with van der Waals surface area (Å²) in [6, 6.07) is 6.96. The second-order valence-corrected chi connectivity index (χ2v) is 5.04. The van der Waals surface area contributed by atoms with Crippen molar-refractivity contribution >= 4 is 23.1 Å². The summed E-state index contributed by atoms with van der Waals surface area (Å²) < 4.78 is 0. The minimum atomic E-state index is -0.0725. The van der Waals surface area contributed by atoms with Crippen molar-refractivity contribution in [1.29, 1.82) is 0 Å². The quantitative estimate of drug-likeness (QED) is 0.332. The SMILES string of the molecule is NC(=NO)c1ccc(CC(=O)NCc2nccs2)cc1. The molecule has 0 aliphatic rings. The Labute approximate surface area is 120 Å². The van der Waals surface area contributed by atoms with Gasteiger partial charge in [0.2, 0.25) is 5.91 Å². The number of thiazole rings is 1. The Morgan fingerprint density at radius 3 is 2.75 bits per heavy atom. The second kappa shape index (κ2) is 6.67. The fourth-order valence-electron chi connectivity index (χ4n) is 1.61. The number of hydrogen-bond acceptors (Lipinski definition) is 5. The number of amides is 1. The smallest absolute Gasteiger partial charge is 0.224 e. The standard InChI is InChI=1S/C13H14N4O2S/c14-13(17-19)10-3-1-9(2-4-10)7-11(18)16-8-12-15-5-6-20-12/h1-6,19H,7-8H2,(H2,14,17)(H,16,18). The van der Waals surface area contributed by atoms with Crippen LogP contribution >= 0.6 is 11.3 Å². The summed E-state index contributed by atoms with van der Waals surface area (Å²) in [6.45, 7) is 0.443. The Bertz CT molecular complexity index is 593. The van der Waals surface area contributed by atoms with Crippen molar-refractivity contribution in [2.75, 3.05) is 0 Å². The van der Waals surface area contributed by atoms with Gasteiger partial charge in [-0.1, -0.05) is 29.4 Å². The molecule has 1 heterocycles. The van der Waals surface area contributed by atoms with Crippen LogP contribution in [-0.4, -0.2) is 21.9 Å². The molecule has 2 rings (SSSR count). The second-order valence-electron chi connectivity index (χ2n) is 4.06. The van der Waals surface area contributed by atoms with E-state index < -0.39 is 0 Å². The molecule has 6 nitrogen and oxygen atoms in total. The summed E-state index contributed by atoms with van der Waals surface area (Å²) in [6.07, 6.45) is 1.99. The Hall–Kier alpha value is -2.41. The van der Waals surface area contributed by atoms with Gasteiger partial charge in [0.1, 0.15) is 5.01 Å². The molecule has 0 aliphatic heterocycles. The molecule has 4 N–H and O–H groups in total. The van der Waals surface area contributed by atoms with Gasteiger partial charge in [-0.3, -0.25) is 4.79 Å². The molecule has 0 aliphatic carbocycles. The van der Waals surface area contributed by atoms with Gasteiger partial charge in [0.15, 0.2) is 5.84 Å². The van der Waals surface area contributed by atoms with E-state index in [1.807, 2.05) is 5.38 Å². The molecule has 0 radical (unpaired) electrons. The highest BCUT2D eigenvalue weighted by Gasteiger charge is 2.05. The Morgan fingerprint density at radius 1 is 1.40 bits per heavy atom. The van der Waals surface area contributed by atoms with E-state index in [4.69, 9.17) is 10.9 Å². The lowest BCUT2D eigenvalue weighted by atomic mass is 10.1. The van der Waals surface area contributed by atoms with Gasteiger partial charge in [-0.2, -0.15) is 0 Å². The Morgan fingerprint density at radius 2 is 2.15 bits per heavy atom. The van der Waals surface area contributed by atoms with E-state index in [0.29, 0.717) is 12.1 Å². The molecule has 1 aromatic carbocycles. The third kappa shape index (κ3) is 3.79. The van der Waals surface area contributed by atoms with E-state index in [1.165, 1.54) is 11.3 Å². The van der Waals surface area contributed by atoms with E-state index in [9.17, 15) is 4.79 Å². The summed E-state index contributed by atoms with van der Waals surface area (Å²) in [5, 5.41) is 17.0. The van der Waals surface area contributed by atoms with E-state index in [1.54, 1.807) is 30.5 Å². The van der Waals surface area contributed by atoms with Gasteiger partial charge in [0.05, 0.1) is 13.0 Å². The molecule has 1 amide bonds. The number of carbonyl (C=O) groups excluding carboxylic acids is 1. The topological polar surface area (TPSA) is 101 Å². The van der Waals surface area contributed by atoms with Crippen molar-refractivity contribution in [2.45, 2.75) is 13.0 Å². The largest absolute Gasteiger partial charge is 0.409 e. The summed E-state index contributed by atoms with van der Waals surface area (Å²) in [5.41, 5.74) is 6.93.